The minimum absolute atomic E-state index is 0.0498. The molecule has 0 aromatic carbocycles. The fourth-order valence-electron chi connectivity index (χ4n) is 6.71. The monoisotopic (exact) mass is 334 g/mol. The Balaban J connectivity index is 1.85. The molecule has 0 aromatic rings. The van der Waals surface area contributed by atoms with Gasteiger partial charge < -0.3 is 5.11 Å². The van der Waals surface area contributed by atoms with Crippen molar-refractivity contribution in [3.63, 3.8) is 0 Å². The molecule has 0 aromatic heterocycles. The van der Waals surface area contributed by atoms with E-state index in [-0.39, 0.29) is 6.10 Å². The fraction of sp³-hybridized carbons (Fsp3) is 1.00. The Labute approximate surface area is 151 Å². The summed E-state index contributed by atoms with van der Waals surface area (Å²) >= 11 is 0. The highest BCUT2D eigenvalue weighted by atomic mass is 16.3. The molecule has 1 heteroatoms. The average molecular weight is 335 g/mol. The van der Waals surface area contributed by atoms with Crippen molar-refractivity contribution < 1.29 is 5.11 Å². The Hall–Kier alpha value is -0.0400. The second-order valence-corrected chi connectivity index (χ2v) is 10.6. The van der Waals surface area contributed by atoms with E-state index < -0.39 is 0 Å². The molecule has 0 heterocycles. The molecular weight excluding hydrogens is 292 g/mol. The van der Waals surface area contributed by atoms with Crippen LogP contribution in [0.1, 0.15) is 105 Å². The van der Waals surface area contributed by atoms with Crippen LogP contribution in [-0.2, 0) is 0 Å². The van der Waals surface area contributed by atoms with Crippen molar-refractivity contribution in [2.75, 3.05) is 0 Å². The highest BCUT2D eigenvalue weighted by Crippen LogP contribution is 2.57. The van der Waals surface area contributed by atoms with Crippen LogP contribution in [0.5, 0.6) is 0 Å². The second kappa shape index (κ2) is 7.29. The third kappa shape index (κ3) is 3.57. The van der Waals surface area contributed by atoms with Crippen LogP contribution in [-0.4, -0.2) is 11.2 Å². The lowest BCUT2D eigenvalue weighted by atomic mass is 9.52. The molecule has 3 saturated carbocycles. The summed E-state index contributed by atoms with van der Waals surface area (Å²) in [6.45, 7) is 9.87. The van der Waals surface area contributed by atoms with Gasteiger partial charge in [-0.25, -0.2) is 0 Å². The number of aliphatic hydroxyl groups excluding tert-OH is 1. The molecule has 3 aliphatic carbocycles. The molecule has 24 heavy (non-hydrogen) atoms. The predicted molar refractivity (Wildman–Crippen MR) is 103 cm³/mol. The van der Waals surface area contributed by atoms with Gasteiger partial charge >= 0.3 is 0 Å². The van der Waals surface area contributed by atoms with Crippen LogP contribution in [0, 0.1) is 34.5 Å². The fourth-order valence-corrected chi connectivity index (χ4v) is 6.71. The van der Waals surface area contributed by atoms with Crippen molar-refractivity contribution in [3.05, 3.63) is 0 Å². The van der Waals surface area contributed by atoms with Crippen LogP contribution in [0.4, 0.5) is 0 Å². The Morgan fingerprint density at radius 2 is 1.08 bits per heavy atom. The number of aliphatic hydroxyl groups is 1. The number of rotatable bonds is 3. The van der Waals surface area contributed by atoms with E-state index in [1.807, 2.05) is 0 Å². The molecule has 0 bridgehead atoms. The van der Waals surface area contributed by atoms with Crippen LogP contribution in [0.2, 0.25) is 0 Å². The first kappa shape index (κ1) is 18.7. The van der Waals surface area contributed by atoms with E-state index in [2.05, 4.69) is 27.7 Å². The van der Waals surface area contributed by atoms with Gasteiger partial charge in [0.2, 0.25) is 0 Å². The van der Waals surface area contributed by atoms with Crippen LogP contribution in [0.3, 0.4) is 0 Å². The first-order valence-electron chi connectivity index (χ1n) is 11.0. The maximum atomic E-state index is 11.6. The van der Waals surface area contributed by atoms with E-state index in [1.54, 1.807) is 0 Å². The molecule has 1 N–H and O–H groups in total. The molecule has 1 nitrogen and oxygen atoms in total. The minimum atomic E-state index is -0.0498. The summed E-state index contributed by atoms with van der Waals surface area (Å²) in [4.78, 5) is 0. The van der Waals surface area contributed by atoms with Gasteiger partial charge in [0.1, 0.15) is 0 Å². The summed E-state index contributed by atoms with van der Waals surface area (Å²) in [5, 5.41) is 11.6. The molecule has 0 amide bonds. The Morgan fingerprint density at radius 3 is 1.42 bits per heavy atom. The van der Waals surface area contributed by atoms with Crippen molar-refractivity contribution in [1.82, 2.24) is 0 Å². The van der Waals surface area contributed by atoms with Crippen LogP contribution in [0.15, 0.2) is 0 Å². The topological polar surface area (TPSA) is 20.2 Å². The third-order valence-corrected chi connectivity index (χ3v) is 8.66. The summed E-state index contributed by atoms with van der Waals surface area (Å²) in [6, 6.07) is 0. The van der Waals surface area contributed by atoms with Gasteiger partial charge in [0.05, 0.1) is 6.10 Å². The molecule has 3 fully saturated rings. The molecule has 3 aliphatic rings. The van der Waals surface area contributed by atoms with Gasteiger partial charge in [0.25, 0.3) is 0 Å². The first-order valence-corrected chi connectivity index (χ1v) is 11.0. The Morgan fingerprint density at radius 1 is 0.708 bits per heavy atom. The molecule has 2 atom stereocenters. The predicted octanol–water partition coefficient (Wildman–Crippen LogP) is 6.59. The summed E-state index contributed by atoms with van der Waals surface area (Å²) < 4.78 is 0. The molecule has 0 saturated heterocycles. The van der Waals surface area contributed by atoms with Gasteiger partial charge in [0, 0.05) is 0 Å². The van der Waals surface area contributed by atoms with E-state index >= 15 is 0 Å². The summed E-state index contributed by atoms with van der Waals surface area (Å²) in [5.74, 6) is 2.67. The van der Waals surface area contributed by atoms with Crippen LogP contribution >= 0.6 is 0 Å². The maximum Gasteiger partial charge on any atom is 0.0607 e. The van der Waals surface area contributed by atoms with Crippen molar-refractivity contribution in [2.45, 2.75) is 111 Å². The summed E-state index contributed by atoms with van der Waals surface area (Å²) in [7, 11) is 0. The van der Waals surface area contributed by atoms with Gasteiger partial charge in [-0.15, -0.1) is 0 Å². The second-order valence-electron chi connectivity index (χ2n) is 10.6. The van der Waals surface area contributed by atoms with Crippen molar-refractivity contribution >= 4 is 0 Å². The first-order chi connectivity index (χ1) is 11.4. The van der Waals surface area contributed by atoms with Crippen molar-refractivity contribution in [3.8, 4) is 0 Å². The minimum Gasteiger partial charge on any atom is -0.393 e. The normalized spacial score (nSPS) is 39.8. The summed E-state index contributed by atoms with van der Waals surface area (Å²) in [6.07, 6.45) is 16.3. The van der Waals surface area contributed by atoms with E-state index in [0.29, 0.717) is 22.7 Å². The average Bonchev–Trinajstić information content (AvgIpc) is 2.56. The maximum absolute atomic E-state index is 11.6. The van der Waals surface area contributed by atoms with Gasteiger partial charge in [-0.1, -0.05) is 66.2 Å². The van der Waals surface area contributed by atoms with Gasteiger partial charge in [-0.3, -0.25) is 0 Å². The lowest BCUT2D eigenvalue weighted by Crippen LogP contribution is -2.51. The van der Waals surface area contributed by atoms with Crippen molar-refractivity contribution in [2.24, 2.45) is 34.5 Å². The van der Waals surface area contributed by atoms with Gasteiger partial charge in [-0.2, -0.15) is 0 Å². The largest absolute Gasteiger partial charge is 0.393 e. The zero-order valence-corrected chi connectivity index (χ0v) is 16.8. The molecule has 0 spiro atoms. The van der Waals surface area contributed by atoms with E-state index in [4.69, 9.17) is 0 Å². The molecule has 0 aliphatic heterocycles. The van der Waals surface area contributed by atoms with Crippen LogP contribution < -0.4 is 0 Å². The van der Waals surface area contributed by atoms with E-state index in [9.17, 15) is 5.11 Å². The number of hydrogen-bond acceptors (Lipinski definition) is 1. The highest BCUT2D eigenvalue weighted by Gasteiger charge is 2.51. The Bertz CT molecular complexity index is 366. The highest BCUT2D eigenvalue weighted by molar-refractivity contribution is 5.01. The molecule has 3 rings (SSSR count). The molecular formula is C23H42O. The molecule has 0 radical (unpaired) electrons. The molecule has 2 unspecified atom stereocenters. The quantitative estimate of drug-likeness (QED) is 0.617. The smallest absolute Gasteiger partial charge is 0.0607 e. The van der Waals surface area contributed by atoms with E-state index in [1.165, 1.54) is 77.0 Å². The van der Waals surface area contributed by atoms with Gasteiger partial charge in [0.15, 0.2) is 0 Å². The zero-order valence-electron chi connectivity index (χ0n) is 16.8. The zero-order chi connectivity index (χ0) is 17.4. The number of hydrogen-bond donors (Lipinski definition) is 1. The standard InChI is InChI=1S/C23H42O/c1-17(2)18-15-19(22(3)11-7-5-8-12-22)21(24)20(16-18)23(4)13-9-6-10-14-23/h17-21,24H,5-16H2,1-4H3. The third-order valence-electron chi connectivity index (χ3n) is 8.66. The SMILES string of the molecule is CC(C)C1CC(C2(C)CCCCC2)C(O)C(C2(C)CCCCC2)C1. The lowest BCUT2D eigenvalue weighted by Gasteiger charge is -2.55. The van der Waals surface area contributed by atoms with Crippen molar-refractivity contribution in [1.29, 1.82) is 0 Å². The van der Waals surface area contributed by atoms with Crippen LogP contribution in [0.25, 0.3) is 0 Å². The lowest BCUT2D eigenvalue weighted by molar-refractivity contribution is -0.120. The van der Waals surface area contributed by atoms with E-state index in [0.717, 1.165) is 11.8 Å². The Kier molecular flexibility index (Phi) is 5.70. The molecule has 140 valence electrons. The summed E-state index contributed by atoms with van der Waals surface area (Å²) in [5.41, 5.74) is 0.795. The van der Waals surface area contributed by atoms with Gasteiger partial charge in [-0.05, 0) is 73.0 Å².